The Morgan fingerprint density at radius 3 is 2.57 bits per heavy atom. The van der Waals surface area contributed by atoms with Crippen LogP contribution in [-0.2, 0) is 14.8 Å². The van der Waals surface area contributed by atoms with Gasteiger partial charge in [-0.05, 0) is 19.8 Å². The average Bonchev–Trinajstić information content (AvgIpc) is 2.18. The SMILES string of the molecule is CC(CBr)NS(=O)(=O)C1CCOCC1. The first-order valence-electron chi connectivity index (χ1n) is 4.71. The van der Waals surface area contributed by atoms with Crippen LogP contribution in [0.2, 0.25) is 0 Å². The number of nitrogens with one attached hydrogen (secondary N) is 1. The maximum atomic E-state index is 11.8. The highest BCUT2D eigenvalue weighted by molar-refractivity contribution is 9.09. The van der Waals surface area contributed by atoms with Gasteiger partial charge in [-0.15, -0.1) is 0 Å². The normalized spacial score (nSPS) is 22.1. The molecule has 1 unspecified atom stereocenters. The van der Waals surface area contributed by atoms with E-state index in [0.717, 1.165) is 0 Å². The summed E-state index contributed by atoms with van der Waals surface area (Å²) in [6, 6.07) is -0.0529. The molecular weight excluding hydrogens is 270 g/mol. The molecule has 1 fully saturated rings. The van der Waals surface area contributed by atoms with Crippen molar-refractivity contribution in [3.05, 3.63) is 0 Å². The van der Waals surface area contributed by atoms with Crippen LogP contribution in [0.1, 0.15) is 19.8 Å². The fourth-order valence-corrected chi connectivity index (χ4v) is 3.42. The van der Waals surface area contributed by atoms with Crippen LogP contribution in [0, 0.1) is 0 Å². The van der Waals surface area contributed by atoms with Crippen molar-refractivity contribution in [3.63, 3.8) is 0 Å². The van der Waals surface area contributed by atoms with Gasteiger partial charge in [-0.3, -0.25) is 0 Å². The maximum absolute atomic E-state index is 11.8. The first kappa shape index (κ1) is 12.4. The van der Waals surface area contributed by atoms with Gasteiger partial charge in [0.2, 0.25) is 10.0 Å². The van der Waals surface area contributed by atoms with Crippen LogP contribution in [0.5, 0.6) is 0 Å². The monoisotopic (exact) mass is 285 g/mol. The molecule has 0 spiro atoms. The Labute approximate surface area is 93.6 Å². The second-order valence-corrected chi connectivity index (χ2v) is 6.17. The molecule has 1 atom stereocenters. The van der Waals surface area contributed by atoms with Gasteiger partial charge in [-0.1, -0.05) is 15.9 Å². The van der Waals surface area contributed by atoms with E-state index >= 15 is 0 Å². The average molecular weight is 286 g/mol. The molecule has 0 aromatic rings. The minimum absolute atomic E-state index is 0.0529. The molecule has 1 aliphatic rings. The van der Waals surface area contributed by atoms with Gasteiger partial charge in [-0.25, -0.2) is 13.1 Å². The lowest BCUT2D eigenvalue weighted by Crippen LogP contribution is -2.42. The third kappa shape index (κ3) is 3.49. The van der Waals surface area contributed by atoms with E-state index in [-0.39, 0.29) is 11.3 Å². The molecule has 1 heterocycles. The molecule has 0 aromatic heterocycles. The van der Waals surface area contributed by atoms with Gasteiger partial charge >= 0.3 is 0 Å². The van der Waals surface area contributed by atoms with E-state index in [0.29, 0.717) is 31.4 Å². The summed E-state index contributed by atoms with van der Waals surface area (Å²) in [5.41, 5.74) is 0. The van der Waals surface area contributed by atoms with Crippen molar-refractivity contribution in [1.82, 2.24) is 4.72 Å². The second kappa shape index (κ2) is 5.44. The van der Waals surface area contributed by atoms with Crippen LogP contribution in [0.3, 0.4) is 0 Å². The molecule has 0 aliphatic carbocycles. The Hall–Kier alpha value is 0.350. The molecule has 0 aromatic carbocycles. The summed E-state index contributed by atoms with van der Waals surface area (Å²) in [6.07, 6.45) is 1.20. The standard InChI is InChI=1S/C8H16BrNO3S/c1-7(6-9)10-14(11,12)8-2-4-13-5-3-8/h7-8,10H,2-6H2,1H3. The van der Waals surface area contributed by atoms with Gasteiger partial charge in [0.05, 0.1) is 5.25 Å². The molecule has 1 aliphatic heterocycles. The first-order chi connectivity index (χ1) is 6.56. The van der Waals surface area contributed by atoms with Gasteiger partial charge in [0.15, 0.2) is 0 Å². The van der Waals surface area contributed by atoms with Crippen LogP contribution >= 0.6 is 15.9 Å². The fourth-order valence-electron chi connectivity index (χ4n) is 1.39. The summed E-state index contributed by atoms with van der Waals surface area (Å²) in [6.45, 7) is 2.94. The summed E-state index contributed by atoms with van der Waals surface area (Å²) in [5, 5.41) is 0.355. The zero-order valence-electron chi connectivity index (χ0n) is 8.20. The molecule has 0 saturated carbocycles. The van der Waals surface area contributed by atoms with E-state index in [2.05, 4.69) is 20.7 Å². The Balaban J connectivity index is 2.54. The van der Waals surface area contributed by atoms with E-state index < -0.39 is 10.0 Å². The molecule has 4 nitrogen and oxygen atoms in total. The molecular formula is C8H16BrNO3S. The summed E-state index contributed by atoms with van der Waals surface area (Å²) >= 11 is 3.24. The summed E-state index contributed by atoms with van der Waals surface area (Å²) < 4.78 is 31.3. The minimum atomic E-state index is -3.15. The van der Waals surface area contributed by atoms with Crippen molar-refractivity contribution in [2.45, 2.75) is 31.1 Å². The predicted molar refractivity (Wildman–Crippen MR) is 59.2 cm³/mol. The molecule has 6 heteroatoms. The van der Waals surface area contributed by atoms with Crippen LogP contribution in [0.25, 0.3) is 0 Å². The molecule has 1 saturated heterocycles. The van der Waals surface area contributed by atoms with Gasteiger partial charge in [0, 0.05) is 24.6 Å². The fraction of sp³-hybridized carbons (Fsp3) is 1.00. The van der Waals surface area contributed by atoms with E-state index in [1.54, 1.807) is 0 Å². The van der Waals surface area contributed by atoms with E-state index in [1.165, 1.54) is 0 Å². The number of rotatable bonds is 4. The lowest BCUT2D eigenvalue weighted by Gasteiger charge is -2.23. The van der Waals surface area contributed by atoms with E-state index in [4.69, 9.17) is 4.74 Å². The highest BCUT2D eigenvalue weighted by Crippen LogP contribution is 2.15. The minimum Gasteiger partial charge on any atom is -0.381 e. The molecule has 84 valence electrons. The summed E-state index contributed by atoms with van der Waals surface area (Å²) in [5.74, 6) is 0. The molecule has 0 bridgehead atoms. The molecule has 0 amide bonds. The number of hydrogen-bond donors (Lipinski definition) is 1. The zero-order chi connectivity index (χ0) is 10.6. The lowest BCUT2D eigenvalue weighted by molar-refractivity contribution is 0.0981. The van der Waals surface area contributed by atoms with E-state index in [9.17, 15) is 8.42 Å². The highest BCUT2D eigenvalue weighted by Gasteiger charge is 2.28. The summed E-state index contributed by atoms with van der Waals surface area (Å²) in [7, 11) is -3.15. The van der Waals surface area contributed by atoms with Gasteiger partial charge in [0.1, 0.15) is 0 Å². The number of hydrogen-bond acceptors (Lipinski definition) is 3. The van der Waals surface area contributed by atoms with Crippen molar-refractivity contribution in [2.75, 3.05) is 18.5 Å². The Morgan fingerprint density at radius 1 is 1.50 bits per heavy atom. The number of sulfonamides is 1. The summed E-state index contributed by atoms with van der Waals surface area (Å²) in [4.78, 5) is 0. The Kier molecular flexibility index (Phi) is 4.82. The molecule has 1 rings (SSSR count). The number of alkyl halides is 1. The molecule has 0 radical (unpaired) electrons. The number of ether oxygens (including phenoxy) is 1. The number of halogens is 1. The topological polar surface area (TPSA) is 55.4 Å². The van der Waals surface area contributed by atoms with Crippen molar-refractivity contribution in [1.29, 1.82) is 0 Å². The smallest absolute Gasteiger partial charge is 0.214 e. The third-order valence-electron chi connectivity index (χ3n) is 2.20. The second-order valence-electron chi connectivity index (χ2n) is 3.53. The van der Waals surface area contributed by atoms with E-state index in [1.807, 2.05) is 6.92 Å². The van der Waals surface area contributed by atoms with Gasteiger partial charge in [0.25, 0.3) is 0 Å². The van der Waals surface area contributed by atoms with Crippen molar-refractivity contribution in [2.24, 2.45) is 0 Å². The van der Waals surface area contributed by atoms with Crippen molar-refractivity contribution in [3.8, 4) is 0 Å². The predicted octanol–water partition coefficient (Wildman–Crippen LogP) is 0.868. The van der Waals surface area contributed by atoms with Crippen molar-refractivity contribution >= 4 is 26.0 Å². The van der Waals surface area contributed by atoms with Crippen LogP contribution in [0.15, 0.2) is 0 Å². The Morgan fingerprint density at radius 2 is 2.07 bits per heavy atom. The molecule has 1 N–H and O–H groups in total. The van der Waals surface area contributed by atoms with Crippen LogP contribution in [-0.4, -0.2) is 38.3 Å². The quantitative estimate of drug-likeness (QED) is 0.780. The van der Waals surface area contributed by atoms with Gasteiger partial charge in [-0.2, -0.15) is 0 Å². The van der Waals surface area contributed by atoms with Crippen molar-refractivity contribution < 1.29 is 13.2 Å². The zero-order valence-corrected chi connectivity index (χ0v) is 10.6. The Bertz CT molecular complexity index is 262. The lowest BCUT2D eigenvalue weighted by atomic mass is 10.2. The molecule has 14 heavy (non-hydrogen) atoms. The largest absolute Gasteiger partial charge is 0.381 e. The third-order valence-corrected chi connectivity index (χ3v) is 5.26. The highest BCUT2D eigenvalue weighted by atomic mass is 79.9. The first-order valence-corrected chi connectivity index (χ1v) is 7.38. The maximum Gasteiger partial charge on any atom is 0.214 e. The van der Waals surface area contributed by atoms with Crippen LogP contribution in [0.4, 0.5) is 0 Å². The van der Waals surface area contributed by atoms with Gasteiger partial charge < -0.3 is 4.74 Å². The van der Waals surface area contributed by atoms with Crippen LogP contribution < -0.4 is 4.72 Å².